The minimum atomic E-state index is 0.228. The highest BCUT2D eigenvalue weighted by Gasteiger charge is 2.38. The van der Waals surface area contributed by atoms with Crippen LogP contribution in [0.5, 0.6) is 0 Å². The zero-order valence-corrected chi connectivity index (χ0v) is 12.2. The van der Waals surface area contributed by atoms with Crippen LogP contribution in [0.4, 0.5) is 5.82 Å². The Morgan fingerprint density at radius 2 is 2.11 bits per heavy atom. The molecule has 4 nitrogen and oxygen atoms in total. The van der Waals surface area contributed by atoms with Gasteiger partial charge in [-0.1, -0.05) is 0 Å². The molecule has 1 aromatic rings. The molecular formula is C15H22N4. The van der Waals surface area contributed by atoms with Crippen LogP contribution in [0.15, 0.2) is 6.07 Å². The third kappa shape index (κ3) is 2.57. The summed E-state index contributed by atoms with van der Waals surface area (Å²) in [5.41, 5.74) is 2.84. The Labute approximate surface area is 115 Å². The zero-order valence-electron chi connectivity index (χ0n) is 12.2. The maximum atomic E-state index is 9.26. The standard InChI is InChI=1S/C15H22N4/c1-11-8-12(2)18-14(13(11)9-16)17-10-15(19(3)4)6-5-7-15/h8H,5-7,10H2,1-4H3,(H,17,18). The molecule has 0 aromatic carbocycles. The molecule has 0 saturated heterocycles. The van der Waals surface area contributed by atoms with Gasteiger partial charge in [-0.05, 0) is 58.8 Å². The van der Waals surface area contributed by atoms with Gasteiger partial charge in [-0.2, -0.15) is 5.26 Å². The first-order valence-corrected chi connectivity index (χ1v) is 6.78. The Hall–Kier alpha value is -1.60. The molecule has 0 spiro atoms. The second-order valence-electron chi connectivity index (χ2n) is 5.74. The number of aryl methyl sites for hydroxylation is 2. The average Bonchev–Trinajstić information content (AvgIpc) is 2.26. The van der Waals surface area contributed by atoms with Crippen LogP contribution in [0.3, 0.4) is 0 Å². The number of hydrogen-bond acceptors (Lipinski definition) is 4. The molecule has 1 aromatic heterocycles. The monoisotopic (exact) mass is 258 g/mol. The van der Waals surface area contributed by atoms with Crippen LogP contribution < -0.4 is 5.32 Å². The number of nitriles is 1. The summed E-state index contributed by atoms with van der Waals surface area (Å²) in [6.45, 7) is 4.78. The van der Waals surface area contributed by atoms with Crippen molar-refractivity contribution in [3.05, 3.63) is 22.9 Å². The Kier molecular flexibility index (Phi) is 3.77. The van der Waals surface area contributed by atoms with Gasteiger partial charge in [-0.3, -0.25) is 0 Å². The van der Waals surface area contributed by atoms with Gasteiger partial charge in [-0.25, -0.2) is 4.98 Å². The Morgan fingerprint density at radius 1 is 1.42 bits per heavy atom. The summed E-state index contributed by atoms with van der Waals surface area (Å²) in [6, 6.07) is 4.21. The van der Waals surface area contributed by atoms with E-state index in [9.17, 15) is 5.26 Å². The quantitative estimate of drug-likeness (QED) is 0.901. The summed E-state index contributed by atoms with van der Waals surface area (Å²) in [5.74, 6) is 0.730. The predicted molar refractivity (Wildman–Crippen MR) is 77.2 cm³/mol. The minimum Gasteiger partial charge on any atom is -0.367 e. The summed E-state index contributed by atoms with van der Waals surface area (Å²) in [5, 5.41) is 12.7. The average molecular weight is 258 g/mol. The van der Waals surface area contributed by atoms with E-state index in [4.69, 9.17) is 0 Å². The molecule has 0 aliphatic heterocycles. The lowest BCUT2D eigenvalue weighted by Gasteiger charge is -2.47. The van der Waals surface area contributed by atoms with Gasteiger partial charge in [0.1, 0.15) is 11.9 Å². The van der Waals surface area contributed by atoms with Crippen LogP contribution in [0.1, 0.15) is 36.1 Å². The fourth-order valence-electron chi connectivity index (χ4n) is 2.72. The van der Waals surface area contributed by atoms with Crippen LogP contribution >= 0.6 is 0 Å². The van der Waals surface area contributed by atoms with E-state index < -0.39 is 0 Å². The molecule has 102 valence electrons. The van der Waals surface area contributed by atoms with Crippen molar-refractivity contribution in [2.24, 2.45) is 0 Å². The van der Waals surface area contributed by atoms with E-state index in [0.717, 1.165) is 23.6 Å². The first kappa shape index (κ1) is 13.8. The van der Waals surface area contributed by atoms with E-state index in [-0.39, 0.29) is 5.54 Å². The predicted octanol–water partition coefficient (Wildman–Crippen LogP) is 2.47. The van der Waals surface area contributed by atoms with E-state index >= 15 is 0 Å². The van der Waals surface area contributed by atoms with Crippen LogP contribution in [0.25, 0.3) is 0 Å². The first-order valence-electron chi connectivity index (χ1n) is 6.78. The highest BCUT2D eigenvalue weighted by Crippen LogP contribution is 2.36. The molecular weight excluding hydrogens is 236 g/mol. The summed E-state index contributed by atoms with van der Waals surface area (Å²) < 4.78 is 0. The molecule has 1 aliphatic rings. The summed E-state index contributed by atoms with van der Waals surface area (Å²) in [4.78, 5) is 6.76. The molecule has 0 radical (unpaired) electrons. The maximum absolute atomic E-state index is 9.26. The molecule has 0 amide bonds. The van der Waals surface area contributed by atoms with Crippen LogP contribution in [-0.2, 0) is 0 Å². The SMILES string of the molecule is Cc1cc(C)c(C#N)c(NCC2(N(C)C)CCC2)n1. The molecule has 1 fully saturated rings. The molecule has 4 heteroatoms. The number of nitrogens with one attached hydrogen (secondary N) is 1. The van der Waals surface area contributed by atoms with E-state index in [0.29, 0.717) is 5.56 Å². The van der Waals surface area contributed by atoms with Crippen molar-refractivity contribution in [3.8, 4) is 6.07 Å². The van der Waals surface area contributed by atoms with Crippen molar-refractivity contribution < 1.29 is 0 Å². The smallest absolute Gasteiger partial charge is 0.144 e. The van der Waals surface area contributed by atoms with E-state index in [2.05, 4.69) is 35.4 Å². The number of anilines is 1. The number of nitrogens with zero attached hydrogens (tertiary/aromatic N) is 3. The fourth-order valence-corrected chi connectivity index (χ4v) is 2.72. The van der Waals surface area contributed by atoms with Gasteiger partial charge in [-0.15, -0.1) is 0 Å². The second kappa shape index (κ2) is 5.18. The molecule has 1 N–H and O–H groups in total. The van der Waals surface area contributed by atoms with Gasteiger partial charge in [0.2, 0.25) is 0 Å². The third-order valence-corrected chi connectivity index (χ3v) is 4.27. The topological polar surface area (TPSA) is 52.0 Å². The van der Waals surface area contributed by atoms with Gasteiger partial charge >= 0.3 is 0 Å². The van der Waals surface area contributed by atoms with Crippen molar-refractivity contribution in [1.82, 2.24) is 9.88 Å². The Morgan fingerprint density at radius 3 is 2.58 bits per heavy atom. The number of hydrogen-bond donors (Lipinski definition) is 1. The normalized spacial score (nSPS) is 16.8. The van der Waals surface area contributed by atoms with Crippen molar-refractivity contribution >= 4 is 5.82 Å². The van der Waals surface area contributed by atoms with Gasteiger partial charge < -0.3 is 10.2 Å². The van der Waals surface area contributed by atoms with Crippen LogP contribution in [-0.4, -0.2) is 36.1 Å². The van der Waals surface area contributed by atoms with Crippen LogP contribution in [0.2, 0.25) is 0 Å². The zero-order chi connectivity index (χ0) is 14.0. The number of aromatic nitrogens is 1. The largest absolute Gasteiger partial charge is 0.367 e. The lowest BCUT2D eigenvalue weighted by atomic mass is 9.75. The second-order valence-corrected chi connectivity index (χ2v) is 5.74. The van der Waals surface area contributed by atoms with E-state index in [1.54, 1.807) is 0 Å². The number of pyridine rings is 1. The van der Waals surface area contributed by atoms with Crippen molar-refractivity contribution in [1.29, 1.82) is 5.26 Å². The molecule has 0 atom stereocenters. The molecule has 1 heterocycles. The van der Waals surface area contributed by atoms with Crippen molar-refractivity contribution in [3.63, 3.8) is 0 Å². The molecule has 2 rings (SSSR count). The molecule has 0 bridgehead atoms. The van der Waals surface area contributed by atoms with E-state index in [1.807, 2.05) is 19.9 Å². The van der Waals surface area contributed by atoms with E-state index in [1.165, 1.54) is 19.3 Å². The highest BCUT2D eigenvalue weighted by molar-refractivity contribution is 5.56. The fraction of sp³-hybridized carbons (Fsp3) is 0.600. The van der Waals surface area contributed by atoms with Gasteiger partial charge in [0, 0.05) is 17.8 Å². The lowest BCUT2D eigenvalue weighted by molar-refractivity contribution is 0.0738. The van der Waals surface area contributed by atoms with Gasteiger partial charge in [0.05, 0.1) is 5.56 Å². The maximum Gasteiger partial charge on any atom is 0.144 e. The molecule has 0 unspecified atom stereocenters. The Balaban J connectivity index is 2.18. The molecule has 1 aliphatic carbocycles. The number of rotatable bonds is 4. The molecule has 1 saturated carbocycles. The first-order chi connectivity index (χ1) is 8.98. The lowest BCUT2D eigenvalue weighted by Crippen LogP contribution is -2.54. The van der Waals surface area contributed by atoms with Crippen molar-refractivity contribution in [2.75, 3.05) is 26.0 Å². The van der Waals surface area contributed by atoms with Crippen molar-refractivity contribution in [2.45, 2.75) is 38.6 Å². The summed E-state index contributed by atoms with van der Waals surface area (Å²) in [7, 11) is 4.25. The summed E-state index contributed by atoms with van der Waals surface area (Å²) >= 11 is 0. The number of likely N-dealkylation sites (N-methyl/N-ethyl adjacent to an activating group) is 1. The highest BCUT2D eigenvalue weighted by atomic mass is 15.2. The Bertz CT molecular complexity index is 510. The van der Waals surface area contributed by atoms with Crippen LogP contribution in [0, 0.1) is 25.2 Å². The minimum absolute atomic E-state index is 0.228. The molecule has 19 heavy (non-hydrogen) atoms. The van der Waals surface area contributed by atoms with Gasteiger partial charge in [0.15, 0.2) is 0 Å². The summed E-state index contributed by atoms with van der Waals surface area (Å²) in [6.07, 6.45) is 3.70. The van der Waals surface area contributed by atoms with Gasteiger partial charge in [0.25, 0.3) is 0 Å². The third-order valence-electron chi connectivity index (χ3n) is 4.27.